The smallest absolute Gasteiger partial charge is 0.160 e. The number of aromatic nitrogens is 2. The molecule has 0 bridgehead atoms. The van der Waals surface area contributed by atoms with Crippen LogP contribution < -0.4 is 4.74 Å². The number of nitrogens with zero attached hydrogens (tertiary/aromatic N) is 2. The molecule has 0 spiro atoms. The van der Waals surface area contributed by atoms with E-state index in [0.717, 1.165) is 24.4 Å². The van der Waals surface area contributed by atoms with Gasteiger partial charge in [0.1, 0.15) is 11.5 Å². The molecule has 1 aromatic rings. The summed E-state index contributed by atoms with van der Waals surface area (Å²) in [6.07, 6.45) is 4.04. The molecule has 0 amide bonds. The zero-order valence-corrected chi connectivity index (χ0v) is 11.8. The summed E-state index contributed by atoms with van der Waals surface area (Å²) in [6, 6.07) is 0. The Bertz CT molecular complexity index is 355. The van der Waals surface area contributed by atoms with E-state index in [9.17, 15) is 0 Å². The Hall–Kier alpha value is -0.830. The maximum absolute atomic E-state index is 5.90. The Balaban J connectivity index is 2.85. The molecule has 0 aromatic carbocycles. The normalized spacial score (nSPS) is 12.8. The van der Waals surface area contributed by atoms with Crippen LogP contribution in [0.3, 0.4) is 0 Å². The van der Waals surface area contributed by atoms with Gasteiger partial charge in [0.15, 0.2) is 5.75 Å². The largest absolute Gasteiger partial charge is 0.487 e. The lowest BCUT2D eigenvalue weighted by Crippen LogP contribution is -2.13. The van der Waals surface area contributed by atoms with Crippen molar-refractivity contribution < 1.29 is 4.74 Å². The fraction of sp³-hybridized carbons (Fsp3) is 0.692. The standard InChI is InChI=1S/C13H21ClN2O/c1-5-6-10(4)17-12-8-15-13(9(2)3)16-11(12)7-14/h8-10H,5-7H2,1-4H3. The van der Waals surface area contributed by atoms with Gasteiger partial charge in [0.05, 0.1) is 18.2 Å². The molecule has 0 saturated carbocycles. The van der Waals surface area contributed by atoms with E-state index in [1.54, 1.807) is 6.20 Å². The summed E-state index contributed by atoms with van der Waals surface area (Å²) in [5, 5.41) is 0. The van der Waals surface area contributed by atoms with Gasteiger partial charge in [0.25, 0.3) is 0 Å². The van der Waals surface area contributed by atoms with Crippen LogP contribution >= 0.6 is 11.6 Å². The molecule has 17 heavy (non-hydrogen) atoms. The third-order valence-corrected chi connectivity index (χ3v) is 2.77. The lowest BCUT2D eigenvalue weighted by Gasteiger charge is -2.16. The number of rotatable bonds is 6. The van der Waals surface area contributed by atoms with Gasteiger partial charge in [-0.15, -0.1) is 11.6 Å². The van der Waals surface area contributed by atoms with Crippen LogP contribution in [0.25, 0.3) is 0 Å². The first-order valence-electron chi connectivity index (χ1n) is 6.16. The maximum Gasteiger partial charge on any atom is 0.160 e. The first kappa shape index (κ1) is 14.2. The van der Waals surface area contributed by atoms with Crippen molar-refractivity contribution in [1.29, 1.82) is 0 Å². The van der Waals surface area contributed by atoms with Crippen LogP contribution in [-0.4, -0.2) is 16.1 Å². The number of hydrogen-bond acceptors (Lipinski definition) is 3. The van der Waals surface area contributed by atoms with Crippen LogP contribution in [0.15, 0.2) is 6.20 Å². The average Bonchev–Trinajstić information content (AvgIpc) is 2.29. The van der Waals surface area contributed by atoms with E-state index in [1.165, 1.54) is 0 Å². The molecule has 0 saturated heterocycles. The van der Waals surface area contributed by atoms with E-state index >= 15 is 0 Å². The third-order valence-electron chi connectivity index (χ3n) is 2.51. The van der Waals surface area contributed by atoms with E-state index in [0.29, 0.717) is 17.5 Å². The van der Waals surface area contributed by atoms with Crippen LogP contribution in [0.5, 0.6) is 5.75 Å². The maximum atomic E-state index is 5.90. The SMILES string of the molecule is CCCC(C)Oc1cnc(C(C)C)nc1CCl. The first-order chi connectivity index (χ1) is 8.08. The molecule has 0 aliphatic carbocycles. The van der Waals surface area contributed by atoms with Crippen molar-refractivity contribution in [3.8, 4) is 5.75 Å². The summed E-state index contributed by atoms with van der Waals surface area (Å²) in [4.78, 5) is 8.74. The van der Waals surface area contributed by atoms with Crippen molar-refractivity contribution in [3.05, 3.63) is 17.7 Å². The van der Waals surface area contributed by atoms with Gasteiger partial charge in [-0.3, -0.25) is 0 Å². The molecular weight excluding hydrogens is 236 g/mol. The molecule has 1 unspecified atom stereocenters. The summed E-state index contributed by atoms with van der Waals surface area (Å²) in [5.41, 5.74) is 0.785. The minimum Gasteiger partial charge on any atom is -0.487 e. The molecule has 4 heteroatoms. The highest BCUT2D eigenvalue weighted by atomic mass is 35.5. The monoisotopic (exact) mass is 256 g/mol. The second-order valence-electron chi connectivity index (χ2n) is 4.54. The Morgan fingerprint density at radius 2 is 2.06 bits per heavy atom. The zero-order valence-electron chi connectivity index (χ0n) is 11.0. The van der Waals surface area contributed by atoms with Crippen LogP contribution in [0, 0.1) is 0 Å². The van der Waals surface area contributed by atoms with Gasteiger partial charge in [-0.25, -0.2) is 9.97 Å². The summed E-state index contributed by atoms with van der Waals surface area (Å²) < 4.78 is 5.80. The van der Waals surface area contributed by atoms with Crippen LogP contribution in [0.1, 0.15) is 58.0 Å². The van der Waals surface area contributed by atoms with E-state index in [1.807, 2.05) is 0 Å². The quantitative estimate of drug-likeness (QED) is 0.724. The Kier molecular flexibility index (Phi) is 5.69. The molecule has 0 radical (unpaired) electrons. The van der Waals surface area contributed by atoms with Crippen molar-refractivity contribution in [3.63, 3.8) is 0 Å². The second-order valence-corrected chi connectivity index (χ2v) is 4.81. The van der Waals surface area contributed by atoms with Crippen molar-refractivity contribution >= 4 is 11.6 Å². The van der Waals surface area contributed by atoms with Crippen LogP contribution in [0.4, 0.5) is 0 Å². The van der Waals surface area contributed by atoms with Gasteiger partial charge < -0.3 is 4.74 Å². The predicted molar refractivity (Wildman–Crippen MR) is 70.7 cm³/mol. The fourth-order valence-corrected chi connectivity index (χ4v) is 1.77. The van der Waals surface area contributed by atoms with E-state index < -0.39 is 0 Å². The van der Waals surface area contributed by atoms with Gasteiger partial charge in [0.2, 0.25) is 0 Å². The first-order valence-corrected chi connectivity index (χ1v) is 6.70. The molecule has 1 aromatic heterocycles. The molecule has 1 atom stereocenters. The number of ether oxygens (including phenoxy) is 1. The van der Waals surface area contributed by atoms with Gasteiger partial charge in [-0.05, 0) is 13.3 Å². The Morgan fingerprint density at radius 3 is 2.59 bits per heavy atom. The topological polar surface area (TPSA) is 35.0 Å². The molecule has 1 rings (SSSR count). The highest BCUT2D eigenvalue weighted by Gasteiger charge is 2.12. The minimum atomic E-state index is 0.176. The summed E-state index contributed by atoms with van der Waals surface area (Å²) in [7, 11) is 0. The van der Waals surface area contributed by atoms with E-state index in [-0.39, 0.29) is 6.10 Å². The van der Waals surface area contributed by atoms with Crippen molar-refractivity contribution in [2.75, 3.05) is 0 Å². The molecule has 0 fully saturated rings. The van der Waals surface area contributed by atoms with Gasteiger partial charge in [-0.1, -0.05) is 27.2 Å². The molecule has 0 N–H and O–H groups in total. The molecule has 0 aliphatic heterocycles. The predicted octanol–water partition coefficient (Wildman–Crippen LogP) is 3.91. The summed E-state index contributed by atoms with van der Waals surface area (Å²) in [6.45, 7) is 8.32. The molecule has 96 valence electrons. The van der Waals surface area contributed by atoms with Gasteiger partial charge in [-0.2, -0.15) is 0 Å². The molecule has 1 heterocycles. The van der Waals surface area contributed by atoms with Crippen molar-refractivity contribution in [2.45, 2.75) is 58.4 Å². The Labute approximate surface area is 109 Å². The molecular formula is C13H21ClN2O. The lowest BCUT2D eigenvalue weighted by atomic mass is 10.2. The lowest BCUT2D eigenvalue weighted by molar-refractivity contribution is 0.206. The average molecular weight is 257 g/mol. The van der Waals surface area contributed by atoms with Crippen molar-refractivity contribution in [1.82, 2.24) is 9.97 Å². The minimum absolute atomic E-state index is 0.176. The molecule has 3 nitrogen and oxygen atoms in total. The highest BCUT2D eigenvalue weighted by molar-refractivity contribution is 6.17. The fourth-order valence-electron chi connectivity index (χ4n) is 1.58. The highest BCUT2D eigenvalue weighted by Crippen LogP contribution is 2.22. The zero-order chi connectivity index (χ0) is 12.8. The number of halogens is 1. The number of hydrogen-bond donors (Lipinski definition) is 0. The summed E-state index contributed by atoms with van der Waals surface area (Å²) >= 11 is 5.90. The van der Waals surface area contributed by atoms with E-state index in [4.69, 9.17) is 16.3 Å². The van der Waals surface area contributed by atoms with Gasteiger partial charge in [0, 0.05) is 5.92 Å². The van der Waals surface area contributed by atoms with Crippen molar-refractivity contribution in [2.24, 2.45) is 0 Å². The van der Waals surface area contributed by atoms with Gasteiger partial charge >= 0.3 is 0 Å². The van der Waals surface area contributed by atoms with E-state index in [2.05, 4.69) is 37.7 Å². The van der Waals surface area contributed by atoms with Crippen LogP contribution in [0.2, 0.25) is 0 Å². The second kappa shape index (κ2) is 6.80. The summed E-state index contributed by atoms with van der Waals surface area (Å²) in [5.74, 6) is 2.19. The third kappa shape index (κ3) is 4.15. The van der Waals surface area contributed by atoms with Crippen LogP contribution in [-0.2, 0) is 5.88 Å². The molecule has 0 aliphatic rings. The Morgan fingerprint density at radius 1 is 1.35 bits per heavy atom. The number of alkyl halides is 1.